The number of nitrogens with one attached hydrogen (secondary N) is 1. The van der Waals surface area contributed by atoms with Gasteiger partial charge in [0.15, 0.2) is 11.5 Å². The van der Waals surface area contributed by atoms with Crippen LogP contribution in [0, 0.1) is 6.92 Å². The molecule has 0 aliphatic heterocycles. The highest BCUT2D eigenvalue weighted by Crippen LogP contribution is 2.30. The Morgan fingerprint density at radius 3 is 2.12 bits per heavy atom. The van der Waals surface area contributed by atoms with Gasteiger partial charge >= 0.3 is 5.97 Å². The Morgan fingerprint density at radius 1 is 0.960 bits per heavy atom. The first-order valence-electron chi connectivity index (χ1n) is 7.68. The van der Waals surface area contributed by atoms with Crippen LogP contribution in [0.4, 0.5) is 5.69 Å². The number of amides is 1. The van der Waals surface area contributed by atoms with Crippen LogP contribution in [0.5, 0.6) is 11.5 Å². The summed E-state index contributed by atoms with van der Waals surface area (Å²) in [6.07, 6.45) is 0.199. The molecule has 0 unspecified atom stereocenters. The average Bonchev–Trinajstić information content (AvgIpc) is 2.62. The Labute approximate surface area is 146 Å². The Morgan fingerprint density at radius 2 is 1.56 bits per heavy atom. The molecule has 1 amide bonds. The van der Waals surface area contributed by atoms with E-state index >= 15 is 0 Å². The lowest BCUT2D eigenvalue weighted by atomic mass is 10.0. The normalized spacial score (nSPS) is 10.1. The minimum atomic E-state index is -0.418. The third kappa shape index (κ3) is 4.50. The van der Waals surface area contributed by atoms with Crippen LogP contribution in [0.3, 0.4) is 0 Å². The zero-order valence-corrected chi connectivity index (χ0v) is 14.7. The van der Waals surface area contributed by atoms with Crippen molar-refractivity contribution in [3.63, 3.8) is 0 Å². The highest BCUT2D eigenvalue weighted by Gasteiger charge is 2.12. The molecular formula is C19H21NO5. The van der Waals surface area contributed by atoms with Crippen molar-refractivity contribution in [2.45, 2.75) is 13.3 Å². The molecule has 132 valence electrons. The molecule has 2 rings (SSSR count). The number of hydrogen-bond donors (Lipinski definition) is 1. The van der Waals surface area contributed by atoms with Gasteiger partial charge in [-0.3, -0.25) is 4.79 Å². The summed E-state index contributed by atoms with van der Waals surface area (Å²) in [7, 11) is 4.45. The predicted molar refractivity (Wildman–Crippen MR) is 94.4 cm³/mol. The number of aryl methyl sites for hydroxylation is 1. The maximum atomic E-state index is 12.3. The van der Waals surface area contributed by atoms with Crippen LogP contribution in [0.1, 0.15) is 21.5 Å². The van der Waals surface area contributed by atoms with Gasteiger partial charge in [0, 0.05) is 5.69 Å². The Kier molecular flexibility index (Phi) is 6.00. The lowest BCUT2D eigenvalue weighted by molar-refractivity contribution is -0.115. The number of carbonyl (C=O) groups excluding carboxylic acids is 2. The van der Waals surface area contributed by atoms with Crippen molar-refractivity contribution in [1.29, 1.82) is 0 Å². The second-order valence-corrected chi connectivity index (χ2v) is 5.43. The highest BCUT2D eigenvalue weighted by atomic mass is 16.5. The van der Waals surface area contributed by atoms with E-state index in [0.717, 1.165) is 11.1 Å². The number of benzene rings is 2. The third-order valence-electron chi connectivity index (χ3n) is 3.78. The summed E-state index contributed by atoms with van der Waals surface area (Å²) in [5, 5.41) is 2.80. The summed E-state index contributed by atoms with van der Waals surface area (Å²) in [5.41, 5.74) is 2.82. The molecule has 0 saturated carbocycles. The summed E-state index contributed by atoms with van der Waals surface area (Å²) in [6, 6.07) is 10.2. The van der Waals surface area contributed by atoms with Crippen LogP contribution in [0.2, 0.25) is 0 Å². The second-order valence-electron chi connectivity index (χ2n) is 5.43. The molecule has 2 aromatic rings. The SMILES string of the molecule is COC(=O)c1ccc(NC(=O)Cc2cc(OC)c(OC)cc2C)cc1. The van der Waals surface area contributed by atoms with Gasteiger partial charge in [-0.25, -0.2) is 4.79 Å². The smallest absolute Gasteiger partial charge is 0.337 e. The molecule has 0 heterocycles. The van der Waals surface area contributed by atoms with Crippen molar-refractivity contribution >= 4 is 17.6 Å². The third-order valence-corrected chi connectivity index (χ3v) is 3.78. The van der Waals surface area contributed by atoms with Crippen molar-refractivity contribution in [3.8, 4) is 11.5 Å². The van der Waals surface area contributed by atoms with Crippen LogP contribution in [0.25, 0.3) is 0 Å². The van der Waals surface area contributed by atoms with Crippen LogP contribution in [0.15, 0.2) is 36.4 Å². The van der Waals surface area contributed by atoms with E-state index in [-0.39, 0.29) is 12.3 Å². The number of rotatable bonds is 6. The van der Waals surface area contributed by atoms with E-state index in [9.17, 15) is 9.59 Å². The van der Waals surface area contributed by atoms with E-state index in [2.05, 4.69) is 10.1 Å². The number of ether oxygens (including phenoxy) is 3. The molecule has 0 bridgehead atoms. The van der Waals surface area contributed by atoms with Gasteiger partial charge in [0.05, 0.1) is 33.3 Å². The fourth-order valence-corrected chi connectivity index (χ4v) is 2.40. The molecule has 6 nitrogen and oxygen atoms in total. The van der Waals surface area contributed by atoms with E-state index in [4.69, 9.17) is 9.47 Å². The Bertz CT molecular complexity index is 768. The van der Waals surface area contributed by atoms with Crippen LogP contribution >= 0.6 is 0 Å². The van der Waals surface area contributed by atoms with E-state index < -0.39 is 5.97 Å². The van der Waals surface area contributed by atoms with Crippen molar-refractivity contribution in [2.75, 3.05) is 26.6 Å². The molecule has 0 aromatic heterocycles. The van der Waals surface area contributed by atoms with E-state index in [0.29, 0.717) is 22.7 Å². The first-order chi connectivity index (χ1) is 12.0. The first kappa shape index (κ1) is 18.3. The number of hydrogen-bond acceptors (Lipinski definition) is 5. The number of esters is 1. The largest absolute Gasteiger partial charge is 0.493 e. The van der Waals surface area contributed by atoms with E-state index in [1.165, 1.54) is 7.11 Å². The first-order valence-corrected chi connectivity index (χ1v) is 7.68. The van der Waals surface area contributed by atoms with E-state index in [1.54, 1.807) is 44.6 Å². The van der Waals surface area contributed by atoms with Gasteiger partial charge in [-0.15, -0.1) is 0 Å². The molecule has 0 aliphatic rings. The Balaban J connectivity index is 2.08. The van der Waals surface area contributed by atoms with Gasteiger partial charge in [-0.05, 0) is 54.4 Å². The van der Waals surface area contributed by atoms with Gasteiger partial charge in [-0.2, -0.15) is 0 Å². The highest BCUT2D eigenvalue weighted by molar-refractivity contribution is 5.94. The quantitative estimate of drug-likeness (QED) is 0.816. The zero-order chi connectivity index (χ0) is 18.4. The maximum Gasteiger partial charge on any atom is 0.337 e. The minimum absolute atomic E-state index is 0.166. The predicted octanol–water partition coefficient (Wildman–Crippen LogP) is 2.98. The van der Waals surface area contributed by atoms with Crippen LogP contribution in [-0.2, 0) is 16.0 Å². The monoisotopic (exact) mass is 343 g/mol. The molecule has 1 N–H and O–H groups in total. The minimum Gasteiger partial charge on any atom is -0.493 e. The zero-order valence-electron chi connectivity index (χ0n) is 14.7. The molecule has 25 heavy (non-hydrogen) atoms. The van der Waals surface area contributed by atoms with Gasteiger partial charge in [0.1, 0.15) is 0 Å². The lowest BCUT2D eigenvalue weighted by Gasteiger charge is -2.13. The van der Waals surface area contributed by atoms with Gasteiger partial charge in [-0.1, -0.05) is 0 Å². The number of anilines is 1. The summed E-state index contributed by atoms with van der Waals surface area (Å²) >= 11 is 0. The molecule has 0 radical (unpaired) electrons. The summed E-state index contributed by atoms with van der Waals surface area (Å²) in [4.78, 5) is 23.7. The molecular weight excluding hydrogens is 322 g/mol. The Hall–Kier alpha value is -3.02. The number of carbonyl (C=O) groups is 2. The number of methoxy groups -OCH3 is 3. The summed E-state index contributed by atoms with van der Waals surface area (Å²) in [5.74, 6) is 0.626. The van der Waals surface area contributed by atoms with Crippen molar-refractivity contribution in [1.82, 2.24) is 0 Å². The maximum absolute atomic E-state index is 12.3. The van der Waals surface area contributed by atoms with Crippen LogP contribution < -0.4 is 14.8 Å². The molecule has 0 saturated heterocycles. The lowest BCUT2D eigenvalue weighted by Crippen LogP contribution is -2.15. The topological polar surface area (TPSA) is 73.9 Å². The van der Waals surface area contributed by atoms with Gasteiger partial charge < -0.3 is 19.5 Å². The van der Waals surface area contributed by atoms with Gasteiger partial charge in [0.2, 0.25) is 5.91 Å². The molecule has 2 aromatic carbocycles. The average molecular weight is 343 g/mol. The van der Waals surface area contributed by atoms with Crippen molar-refractivity contribution in [3.05, 3.63) is 53.1 Å². The van der Waals surface area contributed by atoms with E-state index in [1.807, 2.05) is 13.0 Å². The fraction of sp³-hybridized carbons (Fsp3) is 0.263. The van der Waals surface area contributed by atoms with Gasteiger partial charge in [0.25, 0.3) is 0 Å². The second kappa shape index (κ2) is 8.19. The fourth-order valence-electron chi connectivity index (χ4n) is 2.40. The molecule has 0 fully saturated rings. The molecule has 6 heteroatoms. The summed E-state index contributed by atoms with van der Waals surface area (Å²) < 4.78 is 15.2. The van der Waals surface area contributed by atoms with Crippen LogP contribution in [-0.4, -0.2) is 33.2 Å². The van der Waals surface area contributed by atoms with Crippen molar-refractivity contribution < 1.29 is 23.8 Å². The molecule has 0 spiro atoms. The molecule has 0 atom stereocenters. The standard InChI is InChI=1S/C19H21NO5/c1-12-9-16(23-2)17(24-3)10-14(12)11-18(21)20-15-7-5-13(6-8-15)19(22)25-4/h5-10H,11H2,1-4H3,(H,20,21). The summed E-state index contributed by atoms with van der Waals surface area (Å²) in [6.45, 7) is 1.91. The molecule has 0 aliphatic carbocycles. The van der Waals surface area contributed by atoms with Crippen molar-refractivity contribution in [2.24, 2.45) is 0 Å².